The Morgan fingerprint density at radius 2 is 1.89 bits per heavy atom. The molecule has 11 nitrogen and oxygen atoms in total. The number of carboxylic acid groups (broad SMARTS) is 1. The van der Waals surface area contributed by atoms with Crippen molar-refractivity contribution in [2.24, 2.45) is 5.92 Å². The third kappa shape index (κ3) is 12.9. The fourth-order valence-electron chi connectivity index (χ4n) is 4.45. The lowest BCUT2D eigenvalue weighted by Crippen LogP contribution is -2.49. The van der Waals surface area contributed by atoms with Gasteiger partial charge >= 0.3 is 6.09 Å². The Labute approximate surface area is 219 Å². The molecule has 4 amide bonds. The van der Waals surface area contributed by atoms with Crippen LogP contribution < -0.4 is 16.1 Å². The number of unbranched alkanes of at least 4 members (excludes halogenated alkanes) is 1. The number of hydrogen-bond donors (Lipinski definition) is 4. The van der Waals surface area contributed by atoms with E-state index in [9.17, 15) is 19.2 Å². The Bertz CT molecular complexity index is 755. The summed E-state index contributed by atoms with van der Waals surface area (Å²) in [6.45, 7) is 1.46. The van der Waals surface area contributed by atoms with Crippen LogP contribution in [0.3, 0.4) is 0 Å². The second-order valence-corrected chi connectivity index (χ2v) is 9.79. The Balaban J connectivity index is 2.02. The van der Waals surface area contributed by atoms with Crippen molar-refractivity contribution in [3.05, 3.63) is 12.2 Å². The van der Waals surface area contributed by atoms with Crippen LogP contribution in [0.5, 0.6) is 0 Å². The van der Waals surface area contributed by atoms with Gasteiger partial charge in [-0.3, -0.25) is 14.4 Å². The topological polar surface area (TPSA) is 146 Å². The van der Waals surface area contributed by atoms with Crippen molar-refractivity contribution in [1.82, 2.24) is 21.0 Å². The van der Waals surface area contributed by atoms with E-state index in [-0.39, 0.29) is 24.8 Å². The van der Waals surface area contributed by atoms with E-state index in [0.717, 1.165) is 44.9 Å². The predicted molar refractivity (Wildman–Crippen MR) is 137 cm³/mol. The minimum atomic E-state index is -1.09. The van der Waals surface area contributed by atoms with E-state index in [4.69, 9.17) is 14.7 Å². The second-order valence-electron chi connectivity index (χ2n) is 9.79. The number of hydrogen-bond acceptors (Lipinski definition) is 6. The van der Waals surface area contributed by atoms with Gasteiger partial charge in [-0.25, -0.2) is 15.1 Å². The fraction of sp³-hybridized carbons (Fsp3) is 0.769. The molecule has 0 aromatic heterocycles. The molecule has 0 spiro atoms. The van der Waals surface area contributed by atoms with Crippen molar-refractivity contribution in [2.75, 3.05) is 26.7 Å². The van der Waals surface area contributed by atoms with Crippen LogP contribution in [-0.2, 0) is 24.0 Å². The summed E-state index contributed by atoms with van der Waals surface area (Å²) >= 11 is 0. The van der Waals surface area contributed by atoms with E-state index < -0.39 is 30.3 Å². The largest absolute Gasteiger partial charge is 0.465 e. The number of ether oxygens (including phenoxy) is 1. The molecular weight excluding hydrogens is 480 g/mol. The van der Waals surface area contributed by atoms with E-state index in [1.807, 2.05) is 0 Å². The van der Waals surface area contributed by atoms with Gasteiger partial charge in [-0.05, 0) is 70.6 Å². The Morgan fingerprint density at radius 3 is 2.62 bits per heavy atom. The first kappa shape index (κ1) is 30.6. The maximum absolute atomic E-state index is 13.3. The second kappa shape index (κ2) is 17.7. The van der Waals surface area contributed by atoms with Crippen LogP contribution in [0.2, 0.25) is 0 Å². The number of rotatable bonds is 9. The lowest BCUT2D eigenvalue weighted by molar-refractivity contribution is -0.200. The molecule has 1 unspecified atom stereocenters. The molecule has 2 heterocycles. The molecule has 3 atom stereocenters. The van der Waals surface area contributed by atoms with Gasteiger partial charge < -0.3 is 25.4 Å². The van der Waals surface area contributed by atoms with E-state index in [1.165, 1.54) is 0 Å². The minimum Gasteiger partial charge on any atom is -0.465 e. The lowest BCUT2D eigenvalue weighted by Gasteiger charge is -2.27. The third-order valence-corrected chi connectivity index (χ3v) is 6.64. The van der Waals surface area contributed by atoms with Crippen LogP contribution in [0.15, 0.2) is 12.2 Å². The highest BCUT2D eigenvalue weighted by molar-refractivity contribution is 5.90. The van der Waals surface area contributed by atoms with Crippen LogP contribution in [-0.4, -0.2) is 72.9 Å². The molecule has 1 fully saturated rings. The Hall–Kier alpha value is -2.66. The maximum atomic E-state index is 13.3. The van der Waals surface area contributed by atoms with Crippen molar-refractivity contribution < 1.29 is 33.9 Å². The summed E-state index contributed by atoms with van der Waals surface area (Å²) in [6, 6.07) is -0.733. The van der Waals surface area contributed by atoms with Crippen molar-refractivity contribution in [3.63, 3.8) is 0 Å². The molecule has 0 aromatic rings. The average molecular weight is 525 g/mol. The first-order valence-electron chi connectivity index (χ1n) is 13.6. The predicted octanol–water partition coefficient (Wildman–Crippen LogP) is 2.86. The molecule has 2 aliphatic rings. The van der Waals surface area contributed by atoms with Crippen LogP contribution in [0.25, 0.3) is 0 Å². The normalized spacial score (nSPS) is 25.3. The number of allylic oxidation sites excluding steroid dienone is 2. The van der Waals surface area contributed by atoms with Gasteiger partial charge in [0.15, 0.2) is 6.29 Å². The average Bonchev–Trinajstić information content (AvgIpc) is 2.89. The molecule has 210 valence electrons. The highest BCUT2D eigenvalue weighted by Gasteiger charge is 2.29. The summed E-state index contributed by atoms with van der Waals surface area (Å²) in [5, 5.41) is 14.0. The van der Waals surface area contributed by atoms with Gasteiger partial charge in [-0.15, -0.1) is 0 Å². The van der Waals surface area contributed by atoms with E-state index >= 15 is 0 Å². The molecule has 0 radical (unpaired) electrons. The highest BCUT2D eigenvalue weighted by atomic mass is 16.8. The van der Waals surface area contributed by atoms with Crippen LogP contribution in [0.1, 0.15) is 83.5 Å². The lowest BCUT2D eigenvalue weighted by atomic mass is 9.96. The van der Waals surface area contributed by atoms with Crippen LogP contribution >= 0.6 is 0 Å². The molecule has 0 aromatic carbocycles. The molecule has 1 saturated heterocycles. The molecular formula is C26H44N4O7. The number of nitrogens with zero attached hydrogens (tertiary/aromatic N) is 1. The van der Waals surface area contributed by atoms with Gasteiger partial charge in [-0.1, -0.05) is 12.2 Å². The van der Waals surface area contributed by atoms with Gasteiger partial charge in [-0.2, -0.15) is 0 Å². The monoisotopic (exact) mass is 524 g/mol. The zero-order valence-electron chi connectivity index (χ0n) is 22.0. The van der Waals surface area contributed by atoms with Crippen molar-refractivity contribution in [2.45, 2.75) is 95.8 Å². The summed E-state index contributed by atoms with van der Waals surface area (Å²) in [6.07, 6.45) is 11.6. The van der Waals surface area contributed by atoms with E-state index in [0.29, 0.717) is 45.3 Å². The zero-order valence-corrected chi connectivity index (χ0v) is 22.0. The Morgan fingerprint density at radius 1 is 1.11 bits per heavy atom. The smallest absolute Gasteiger partial charge is 0.404 e. The molecule has 0 aliphatic carbocycles. The first-order chi connectivity index (χ1) is 17.9. The minimum absolute atomic E-state index is 0.0540. The van der Waals surface area contributed by atoms with Crippen LogP contribution in [0.4, 0.5) is 4.79 Å². The van der Waals surface area contributed by atoms with Gasteiger partial charge in [0.2, 0.25) is 17.7 Å². The number of hydroxylamine groups is 1. The molecule has 11 heteroatoms. The highest BCUT2D eigenvalue weighted by Crippen LogP contribution is 2.17. The first-order valence-corrected chi connectivity index (χ1v) is 13.6. The molecule has 4 N–H and O–H groups in total. The van der Waals surface area contributed by atoms with Gasteiger partial charge in [0.25, 0.3) is 0 Å². The molecule has 0 bridgehead atoms. The number of carbonyl (C=O) groups is 4. The van der Waals surface area contributed by atoms with Crippen molar-refractivity contribution in [1.29, 1.82) is 0 Å². The third-order valence-electron chi connectivity index (χ3n) is 6.64. The van der Waals surface area contributed by atoms with Gasteiger partial charge in [0.1, 0.15) is 6.04 Å². The zero-order chi connectivity index (χ0) is 26.9. The van der Waals surface area contributed by atoms with E-state index in [1.54, 1.807) is 11.9 Å². The van der Waals surface area contributed by atoms with Crippen LogP contribution in [0, 0.1) is 5.92 Å². The summed E-state index contributed by atoms with van der Waals surface area (Å²) in [5.74, 6) is -1.52. The summed E-state index contributed by atoms with van der Waals surface area (Å²) < 4.78 is 5.47. The Kier molecular flexibility index (Phi) is 14.7. The molecule has 2 rings (SSSR count). The number of nitrogens with one attached hydrogen (secondary N) is 3. The number of carbonyl (C=O) groups excluding carboxylic acids is 3. The fourth-order valence-corrected chi connectivity index (χ4v) is 4.45. The summed E-state index contributed by atoms with van der Waals surface area (Å²) in [5.41, 5.74) is 2.43. The van der Waals surface area contributed by atoms with Crippen molar-refractivity contribution >= 4 is 23.8 Å². The number of amides is 4. The van der Waals surface area contributed by atoms with Gasteiger partial charge in [0, 0.05) is 45.5 Å². The molecule has 2 aliphatic heterocycles. The summed E-state index contributed by atoms with van der Waals surface area (Å²) in [7, 11) is 1.73. The van der Waals surface area contributed by atoms with Gasteiger partial charge in [0.05, 0.1) is 0 Å². The SMILES string of the molecule is CN1CCCC/C=C/CCCC(CC(=O)NO[C@@H]2CCCCO2)C(=O)N[C@@H](CCCCNC(=O)O)C1=O. The maximum Gasteiger partial charge on any atom is 0.404 e. The number of likely N-dealkylation sites (N-methyl/N-ethyl adjacent to an activating group) is 1. The van der Waals surface area contributed by atoms with E-state index in [2.05, 4.69) is 28.3 Å². The quantitative estimate of drug-likeness (QED) is 0.206. The van der Waals surface area contributed by atoms with Crippen molar-refractivity contribution in [3.8, 4) is 0 Å². The summed E-state index contributed by atoms with van der Waals surface area (Å²) in [4.78, 5) is 56.8. The molecule has 37 heavy (non-hydrogen) atoms. The standard InChI is InChI=1S/C26H44N4O7/c1-30-17-11-6-4-2-3-5-7-13-20(19-22(31)29-37-23-15-9-12-18-36-23)24(32)28-21(25(30)33)14-8-10-16-27-26(34)35/h2-3,20-21,23,27H,4-19H2,1H3,(H,28,32)(H,29,31)(H,34,35)/b3-2+/t20?,21-,23+/m0/s1. The molecule has 0 saturated carbocycles.